The molecule has 1 aliphatic heterocycles. The maximum atomic E-state index is 13.5. The molecule has 1 saturated heterocycles. The minimum atomic E-state index is -0.422. The second kappa shape index (κ2) is 13.9. The van der Waals surface area contributed by atoms with Crippen LogP contribution in [0.25, 0.3) is 39.6 Å². The van der Waals surface area contributed by atoms with Crippen molar-refractivity contribution in [1.29, 1.82) is 5.26 Å². The van der Waals surface area contributed by atoms with Crippen LogP contribution >= 0.6 is 0 Å². The van der Waals surface area contributed by atoms with E-state index in [9.17, 15) is 9.60 Å². The van der Waals surface area contributed by atoms with Gasteiger partial charge < -0.3 is 11.1 Å². The molecule has 0 spiro atoms. The van der Waals surface area contributed by atoms with Gasteiger partial charge in [-0.3, -0.25) is 9.55 Å². The Kier molecular flexibility index (Phi) is 9.29. The number of pyridine rings is 3. The summed E-state index contributed by atoms with van der Waals surface area (Å²) < 4.78 is 15.4. The Balaban J connectivity index is 0.00000197. The molecule has 0 aliphatic carbocycles. The lowest BCUT2D eigenvalue weighted by Crippen LogP contribution is -2.52. The predicted octanol–water partition coefficient (Wildman–Crippen LogP) is 5.93. The molecule has 12 nitrogen and oxygen atoms in total. The van der Waals surface area contributed by atoms with Crippen molar-refractivity contribution in [3.05, 3.63) is 103 Å². The first-order valence-electron chi connectivity index (χ1n) is 15.8. The SMILES string of the molecule is CC.N#Cc1nccc(NC2CC[N+](O)(Cc3ccc(-n4c(-c5cccnc5N)nc5ccc(-c6ccc(F)cn6)nc54)cc3)CC2)n1. The molecule has 242 valence electrons. The average molecular weight is 645 g/mol. The molecule has 0 atom stereocenters. The average Bonchev–Trinajstić information content (AvgIpc) is 3.50. The Morgan fingerprint density at radius 3 is 2.42 bits per heavy atom. The van der Waals surface area contributed by atoms with Crippen LogP contribution in [0.4, 0.5) is 16.0 Å². The Bertz CT molecular complexity index is 2070. The highest BCUT2D eigenvalue weighted by Crippen LogP contribution is 2.32. The number of quaternary nitrogens is 1. The summed E-state index contributed by atoms with van der Waals surface area (Å²) in [4.78, 5) is 26.3. The van der Waals surface area contributed by atoms with Crippen LogP contribution in [-0.4, -0.2) is 63.5 Å². The van der Waals surface area contributed by atoms with E-state index in [0.29, 0.717) is 65.2 Å². The standard InChI is InChI=1S/C33H29FN11O.C2H6/c34-22-5-8-26(39-19-22)27-9-10-28-33(41-27)44(32(42-28)25-2-1-14-38-31(25)36)24-6-3-21(4-7-24)20-45(46)16-12-23(13-17-45)40-29-11-15-37-30(18-35)43-29;1-2/h1-11,14-15,19,23,46H,12-13,16-17,20H2,(H2,36,38)(H,37,40,43);1-2H3/q+1;. The van der Waals surface area contributed by atoms with Crippen molar-refractivity contribution in [3.8, 4) is 34.5 Å². The summed E-state index contributed by atoms with van der Waals surface area (Å²) in [5.41, 5.74) is 11.1. The number of piperidine rings is 1. The molecule has 0 unspecified atom stereocenters. The third-order valence-corrected chi connectivity index (χ3v) is 8.14. The van der Waals surface area contributed by atoms with Gasteiger partial charge >= 0.3 is 0 Å². The molecule has 13 heteroatoms. The molecule has 6 aromatic rings. The van der Waals surface area contributed by atoms with Crippen LogP contribution in [-0.2, 0) is 6.54 Å². The third-order valence-electron chi connectivity index (χ3n) is 8.14. The number of nitrogens with two attached hydrogens (primary N) is 1. The van der Waals surface area contributed by atoms with E-state index < -0.39 is 5.82 Å². The molecule has 4 N–H and O–H groups in total. The summed E-state index contributed by atoms with van der Waals surface area (Å²) in [5, 5.41) is 23.9. The Morgan fingerprint density at radius 1 is 0.938 bits per heavy atom. The molecule has 0 amide bonds. The summed E-state index contributed by atoms with van der Waals surface area (Å²) >= 11 is 0. The van der Waals surface area contributed by atoms with Crippen LogP contribution in [0, 0.1) is 17.1 Å². The van der Waals surface area contributed by atoms with Gasteiger partial charge in [0.1, 0.15) is 48.7 Å². The van der Waals surface area contributed by atoms with Crippen molar-refractivity contribution in [2.75, 3.05) is 24.1 Å². The second-order valence-corrected chi connectivity index (χ2v) is 11.3. The van der Waals surface area contributed by atoms with E-state index >= 15 is 0 Å². The molecule has 7 rings (SSSR count). The number of anilines is 2. The quantitative estimate of drug-likeness (QED) is 0.177. The first-order valence-corrected chi connectivity index (χ1v) is 15.8. The number of imidazole rings is 1. The van der Waals surface area contributed by atoms with E-state index in [1.807, 2.05) is 60.9 Å². The van der Waals surface area contributed by atoms with Crippen molar-refractivity contribution < 1.29 is 14.2 Å². The molecule has 1 fully saturated rings. The minimum Gasteiger partial charge on any atom is -0.383 e. The zero-order valence-electron chi connectivity index (χ0n) is 26.6. The second-order valence-electron chi connectivity index (χ2n) is 11.3. The maximum absolute atomic E-state index is 13.5. The highest BCUT2D eigenvalue weighted by molar-refractivity contribution is 5.84. The van der Waals surface area contributed by atoms with Crippen LogP contribution in [0.2, 0.25) is 0 Å². The number of fused-ring (bicyclic) bond motifs is 1. The number of aromatic nitrogens is 7. The van der Waals surface area contributed by atoms with Crippen molar-refractivity contribution in [2.24, 2.45) is 0 Å². The molecule has 1 aromatic carbocycles. The summed E-state index contributed by atoms with van der Waals surface area (Å²) in [6.07, 6.45) is 5.84. The summed E-state index contributed by atoms with van der Waals surface area (Å²) in [6.45, 7) is 5.58. The summed E-state index contributed by atoms with van der Waals surface area (Å²) in [5.74, 6) is 1.23. The van der Waals surface area contributed by atoms with E-state index in [0.717, 1.165) is 30.3 Å². The molecule has 6 heterocycles. The lowest BCUT2D eigenvalue weighted by Gasteiger charge is -2.37. The van der Waals surface area contributed by atoms with Gasteiger partial charge in [0.2, 0.25) is 5.82 Å². The van der Waals surface area contributed by atoms with E-state index in [2.05, 4.69) is 25.3 Å². The highest BCUT2D eigenvalue weighted by atomic mass is 19.1. The number of nitrogen functional groups attached to an aromatic ring is 1. The minimum absolute atomic E-state index is 0.0776. The zero-order valence-corrected chi connectivity index (χ0v) is 26.6. The largest absolute Gasteiger partial charge is 0.383 e. The van der Waals surface area contributed by atoms with Gasteiger partial charge in [-0.1, -0.05) is 26.0 Å². The van der Waals surface area contributed by atoms with Gasteiger partial charge in [-0.2, -0.15) is 9.91 Å². The predicted molar refractivity (Wildman–Crippen MR) is 180 cm³/mol. The van der Waals surface area contributed by atoms with E-state index in [4.69, 9.17) is 21.0 Å². The van der Waals surface area contributed by atoms with Crippen molar-refractivity contribution in [2.45, 2.75) is 39.3 Å². The summed E-state index contributed by atoms with van der Waals surface area (Å²) in [7, 11) is 0. The number of nitriles is 1. The molecule has 1 aliphatic rings. The van der Waals surface area contributed by atoms with Gasteiger partial charge in [-0.25, -0.2) is 34.5 Å². The van der Waals surface area contributed by atoms with E-state index in [1.54, 1.807) is 36.7 Å². The molecule has 0 radical (unpaired) electrons. The fraction of sp³-hybridized carbons (Fsp3) is 0.229. The molecule has 5 aromatic heterocycles. The van der Waals surface area contributed by atoms with E-state index in [-0.39, 0.29) is 16.5 Å². The number of nitrogens with one attached hydrogen (secondary N) is 1. The van der Waals surface area contributed by atoms with Crippen LogP contribution in [0.1, 0.15) is 38.1 Å². The van der Waals surface area contributed by atoms with Gasteiger partial charge in [-0.05, 0) is 54.6 Å². The topological polar surface area (TPSA) is 164 Å². The van der Waals surface area contributed by atoms with Crippen molar-refractivity contribution in [1.82, 2.24) is 34.5 Å². The molecule has 48 heavy (non-hydrogen) atoms. The Morgan fingerprint density at radius 2 is 1.71 bits per heavy atom. The monoisotopic (exact) mass is 644 g/mol. The smallest absolute Gasteiger partial charge is 0.234 e. The summed E-state index contributed by atoms with van der Waals surface area (Å²) in [6, 6.07) is 22.0. The number of halogens is 1. The number of benzene rings is 1. The fourth-order valence-corrected chi connectivity index (χ4v) is 5.80. The normalized spacial score (nSPS) is 17.3. The van der Waals surface area contributed by atoms with Gasteiger partial charge in [0.25, 0.3) is 0 Å². The third kappa shape index (κ3) is 6.80. The number of hydrogen-bond acceptors (Lipinski definition) is 10. The van der Waals surface area contributed by atoms with Gasteiger partial charge in [0.05, 0.1) is 23.1 Å². The van der Waals surface area contributed by atoms with Crippen LogP contribution in [0.5, 0.6) is 0 Å². The highest BCUT2D eigenvalue weighted by Gasteiger charge is 2.33. The first-order chi connectivity index (χ1) is 23.4. The lowest BCUT2D eigenvalue weighted by molar-refractivity contribution is -1.12. The number of hydrogen-bond donors (Lipinski definition) is 3. The van der Waals surface area contributed by atoms with Gasteiger partial charge in [0.15, 0.2) is 11.5 Å². The van der Waals surface area contributed by atoms with E-state index in [1.165, 1.54) is 6.07 Å². The lowest BCUT2D eigenvalue weighted by atomic mass is 10.0. The molecule has 0 saturated carbocycles. The maximum Gasteiger partial charge on any atom is 0.234 e. The Labute approximate surface area is 277 Å². The number of likely N-dealkylation sites (tertiary alicyclic amines) is 1. The number of rotatable bonds is 7. The molecular weight excluding hydrogens is 609 g/mol. The van der Waals surface area contributed by atoms with Crippen LogP contribution in [0.15, 0.2) is 85.3 Å². The van der Waals surface area contributed by atoms with Gasteiger partial charge in [-0.15, -0.1) is 0 Å². The Hall–Kier alpha value is -5.84. The molecular formula is C35H35FN11O+. The number of nitrogens with zero attached hydrogens (tertiary/aromatic N) is 9. The zero-order chi connectivity index (χ0) is 33.7. The van der Waals surface area contributed by atoms with Gasteiger partial charge in [0, 0.05) is 42.5 Å². The van der Waals surface area contributed by atoms with Crippen molar-refractivity contribution >= 4 is 22.8 Å². The van der Waals surface area contributed by atoms with Crippen molar-refractivity contribution in [3.63, 3.8) is 0 Å². The molecule has 0 bridgehead atoms. The number of hydroxylamine groups is 3. The van der Waals surface area contributed by atoms with Crippen LogP contribution < -0.4 is 11.1 Å². The fourth-order valence-electron chi connectivity index (χ4n) is 5.80. The first kappa shape index (κ1) is 32.1. The van der Waals surface area contributed by atoms with Crippen LogP contribution in [0.3, 0.4) is 0 Å².